The van der Waals surface area contributed by atoms with E-state index >= 15 is 0 Å². The largest absolute Gasteiger partial charge is 0.477 e. The summed E-state index contributed by atoms with van der Waals surface area (Å²) in [5, 5.41) is 32.8. The van der Waals surface area contributed by atoms with Gasteiger partial charge in [-0.05, 0) is 16.0 Å². The lowest BCUT2D eigenvalue weighted by Crippen LogP contribution is -2.67. The van der Waals surface area contributed by atoms with Crippen molar-refractivity contribution in [2.45, 2.75) is 23.0 Å². The van der Waals surface area contributed by atoms with E-state index in [1.165, 1.54) is 39.3 Å². The van der Waals surface area contributed by atoms with E-state index in [0.29, 0.717) is 33.9 Å². The second-order valence-corrected chi connectivity index (χ2v) is 8.30. The summed E-state index contributed by atoms with van der Waals surface area (Å²) in [5.41, 5.74) is 1.30. The summed E-state index contributed by atoms with van der Waals surface area (Å²) in [6.07, 6.45) is 1.71. The van der Waals surface area contributed by atoms with E-state index in [-0.39, 0.29) is 23.4 Å². The van der Waals surface area contributed by atoms with Crippen LogP contribution >= 0.6 is 23.5 Å². The molecule has 1 amide bonds. The summed E-state index contributed by atoms with van der Waals surface area (Å²) in [5.74, 6) is -0.244. The molecule has 1 saturated heterocycles. The number of carbonyl (C=O) groups is 2. The molecular formula is C15H15N9O3S2. The Morgan fingerprint density at radius 2 is 2.41 bits per heavy atom. The van der Waals surface area contributed by atoms with Gasteiger partial charge in [0.1, 0.15) is 17.1 Å². The maximum atomic E-state index is 12.7. The number of nitrogens with zero attached hydrogens (tertiary/aromatic N) is 7. The molecule has 1 fully saturated rings. The molecule has 2 aliphatic rings. The third-order valence-corrected chi connectivity index (χ3v) is 6.83. The standard InChI is InChI=1S/C15H15N9O3S2/c1-23-15(20-21-22-23)29-6-7-5-28-12-9(11(25)24(12)10(7)13(26)27)19-14-17-4-8(18-14)2-3-16/h4,9,12H,2,5-6H2,1H3,(H,26,27)(H2,17,18,19)/t9?,12-/m1/s1. The van der Waals surface area contributed by atoms with Crippen molar-refractivity contribution in [1.29, 1.82) is 5.26 Å². The van der Waals surface area contributed by atoms with Crippen LogP contribution in [0.5, 0.6) is 0 Å². The van der Waals surface area contributed by atoms with Gasteiger partial charge in [0.05, 0.1) is 24.4 Å². The molecule has 1 unspecified atom stereocenters. The van der Waals surface area contributed by atoms with Gasteiger partial charge in [0.2, 0.25) is 11.1 Å². The zero-order valence-electron chi connectivity index (χ0n) is 15.1. The number of imidazole rings is 1. The number of H-pyrrole nitrogens is 1. The van der Waals surface area contributed by atoms with Crippen LogP contribution in [0, 0.1) is 11.3 Å². The van der Waals surface area contributed by atoms with Crippen LogP contribution in [0.2, 0.25) is 0 Å². The fourth-order valence-corrected chi connectivity index (χ4v) is 5.38. The van der Waals surface area contributed by atoms with Gasteiger partial charge in [-0.3, -0.25) is 9.69 Å². The molecule has 12 nitrogen and oxygen atoms in total. The number of rotatable bonds is 7. The first-order chi connectivity index (χ1) is 14.0. The highest BCUT2D eigenvalue weighted by Gasteiger charge is 2.53. The third kappa shape index (κ3) is 3.54. The number of amides is 1. The Hall–Kier alpha value is -3.05. The Morgan fingerprint density at radius 3 is 3.10 bits per heavy atom. The molecule has 4 rings (SSSR count). The number of aryl methyl sites for hydroxylation is 1. The molecule has 14 heteroatoms. The van der Waals surface area contributed by atoms with Gasteiger partial charge in [0.15, 0.2) is 0 Å². The number of β-lactam (4-membered cyclic amide) rings is 1. The number of fused-ring (bicyclic) bond motifs is 1. The van der Waals surface area contributed by atoms with Crippen molar-refractivity contribution in [3.05, 3.63) is 23.2 Å². The lowest BCUT2D eigenvalue weighted by molar-refractivity contribution is -0.147. The number of aliphatic carboxylic acids is 1. The number of carboxylic acids is 1. The predicted octanol–water partition coefficient (Wildman–Crippen LogP) is -0.174. The number of anilines is 1. The number of thioether (sulfide) groups is 2. The van der Waals surface area contributed by atoms with Crippen molar-refractivity contribution >= 4 is 41.3 Å². The minimum Gasteiger partial charge on any atom is -0.477 e. The van der Waals surface area contributed by atoms with Crippen LogP contribution in [0.4, 0.5) is 5.95 Å². The van der Waals surface area contributed by atoms with Gasteiger partial charge < -0.3 is 15.4 Å². The summed E-state index contributed by atoms with van der Waals surface area (Å²) < 4.78 is 1.50. The molecule has 0 radical (unpaired) electrons. The Morgan fingerprint density at radius 1 is 1.59 bits per heavy atom. The van der Waals surface area contributed by atoms with Crippen molar-refractivity contribution in [2.75, 3.05) is 16.8 Å². The number of hydrogen-bond donors (Lipinski definition) is 3. The van der Waals surface area contributed by atoms with Crippen LogP contribution in [-0.4, -0.2) is 75.0 Å². The molecule has 2 aliphatic heterocycles. The highest BCUT2D eigenvalue weighted by atomic mass is 32.2. The molecule has 4 heterocycles. The first-order valence-corrected chi connectivity index (χ1v) is 10.5. The van der Waals surface area contributed by atoms with Gasteiger partial charge in [-0.15, -0.1) is 16.9 Å². The number of aromatic nitrogens is 6. The van der Waals surface area contributed by atoms with Crippen molar-refractivity contribution in [3.63, 3.8) is 0 Å². The Balaban J connectivity index is 1.49. The topological polar surface area (TPSA) is 166 Å². The summed E-state index contributed by atoms with van der Waals surface area (Å²) in [7, 11) is 1.70. The molecule has 0 bridgehead atoms. The third-order valence-electron chi connectivity index (χ3n) is 4.40. The monoisotopic (exact) mass is 433 g/mol. The van der Waals surface area contributed by atoms with Gasteiger partial charge in [-0.25, -0.2) is 14.5 Å². The number of tetrazole rings is 1. The van der Waals surface area contributed by atoms with E-state index in [1.54, 1.807) is 7.05 Å². The molecule has 2 aromatic rings. The molecule has 0 spiro atoms. The second kappa shape index (κ2) is 7.76. The van der Waals surface area contributed by atoms with Crippen LogP contribution in [0.15, 0.2) is 22.6 Å². The molecule has 0 aliphatic carbocycles. The van der Waals surface area contributed by atoms with Crippen molar-refractivity contribution < 1.29 is 14.7 Å². The highest BCUT2D eigenvalue weighted by molar-refractivity contribution is 8.01. The van der Waals surface area contributed by atoms with Gasteiger partial charge in [0.25, 0.3) is 5.91 Å². The average Bonchev–Trinajstić information content (AvgIpc) is 3.32. The van der Waals surface area contributed by atoms with Gasteiger partial charge in [-0.1, -0.05) is 11.8 Å². The van der Waals surface area contributed by atoms with E-state index in [2.05, 4.69) is 30.8 Å². The minimum absolute atomic E-state index is 0.0176. The van der Waals surface area contributed by atoms with Crippen molar-refractivity contribution in [3.8, 4) is 6.07 Å². The lowest BCUT2D eigenvalue weighted by atomic mass is 10.0. The van der Waals surface area contributed by atoms with Crippen LogP contribution < -0.4 is 5.32 Å². The van der Waals surface area contributed by atoms with E-state index in [0.717, 1.165) is 0 Å². The number of hydrogen-bond acceptors (Lipinski definition) is 10. The fourth-order valence-electron chi connectivity index (χ4n) is 3.04. The molecule has 150 valence electrons. The van der Waals surface area contributed by atoms with Crippen LogP contribution in [0.25, 0.3) is 0 Å². The summed E-state index contributed by atoms with van der Waals surface area (Å²) >= 11 is 2.81. The number of carboxylic acid groups (broad SMARTS) is 1. The first kappa shape index (κ1) is 19.3. The first-order valence-electron chi connectivity index (χ1n) is 8.42. The van der Waals surface area contributed by atoms with Crippen molar-refractivity contribution in [2.24, 2.45) is 7.05 Å². The van der Waals surface area contributed by atoms with Gasteiger partial charge in [0, 0.05) is 18.6 Å². The molecule has 3 N–H and O–H groups in total. The van der Waals surface area contributed by atoms with Crippen LogP contribution in [0.1, 0.15) is 5.69 Å². The zero-order chi connectivity index (χ0) is 20.5. The summed E-state index contributed by atoms with van der Waals surface area (Å²) in [4.78, 5) is 32.9. The van der Waals surface area contributed by atoms with E-state index in [4.69, 9.17) is 5.26 Å². The normalized spacial score (nSPS) is 20.8. The SMILES string of the molecule is Cn1nnnc1SCC1=C(C(=O)O)N2C(=O)C(Nc3ncc(CC#N)[nH]3)[C@H]2SC1. The second-order valence-electron chi connectivity index (χ2n) is 6.25. The molecular weight excluding hydrogens is 418 g/mol. The minimum atomic E-state index is -1.14. The number of nitrogens with one attached hydrogen (secondary N) is 2. The maximum Gasteiger partial charge on any atom is 0.352 e. The fraction of sp³-hybridized carbons (Fsp3) is 0.400. The maximum absolute atomic E-state index is 12.7. The predicted molar refractivity (Wildman–Crippen MR) is 103 cm³/mol. The van der Waals surface area contributed by atoms with Crippen LogP contribution in [0.3, 0.4) is 0 Å². The summed E-state index contributed by atoms with van der Waals surface area (Å²) in [6, 6.07) is 1.43. The molecule has 2 aromatic heterocycles. The Bertz CT molecular complexity index is 1040. The van der Waals surface area contributed by atoms with E-state index in [9.17, 15) is 14.7 Å². The van der Waals surface area contributed by atoms with Gasteiger partial charge in [-0.2, -0.15) is 5.26 Å². The number of aromatic amines is 1. The van der Waals surface area contributed by atoms with Crippen LogP contribution in [-0.2, 0) is 23.1 Å². The number of carbonyl (C=O) groups excluding carboxylic acids is 1. The van der Waals surface area contributed by atoms with E-state index in [1.807, 2.05) is 6.07 Å². The van der Waals surface area contributed by atoms with E-state index < -0.39 is 12.0 Å². The zero-order valence-corrected chi connectivity index (χ0v) is 16.7. The highest BCUT2D eigenvalue weighted by Crippen LogP contribution is 2.42. The van der Waals surface area contributed by atoms with Crippen molar-refractivity contribution in [1.82, 2.24) is 35.1 Å². The smallest absolute Gasteiger partial charge is 0.352 e. The lowest BCUT2D eigenvalue weighted by Gasteiger charge is -2.49. The summed E-state index contributed by atoms with van der Waals surface area (Å²) in [6.45, 7) is 0. The quantitative estimate of drug-likeness (QED) is 0.392. The Labute approximate surface area is 172 Å². The number of nitriles is 1. The molecule has 2 atom stereocenters. The van der Waals surface area contributed by atoms with Gasteiger partial charge >= 0.3 is 5.97 Å². The average molecular weight is 433 g/mol. The Kier molecular flexibility index (Phi) is 5.16. The molecule has 0 aromatic carbocycles. The molecule has 29 heavy (non-hydrogen) atoms. The molecule has 0 saturated carbocycles.